The molecule has 4 N–H and O–H groups in total. The zero-order valence-corrected chi connectivity index (χ0v) is 12.9. The molecule has 0 radical (unpaired) electrons. The average Bonchev–Trinajstić information content (AvgIpc) is 3.03. The Hall–Kier alpha value is -2.75. The first-order chi connectivity index (χ1) is 11.0. The van der Waals surface area contributed by atoms with E-state index in [1.807, 2.05) is 0 Å². The molecule has 0 aromatic carbocycles. The van der Waals surface area contributed by atoms with Crippen LogP contribution in [0.15, 0.2) is 32.8 Å². The van der Waals surface area contributed by atoms with Gasteiger partial charge in [-0.3, -0.25) is 19.4 Å². The lowest BCUT2D eigenvalue weighted by atomic mass is 10.4. The van der Waals surface area contributed by atoms with Crippen molar-refractivity contribution in [3.05, 3.63) is 34.5 Å². The molecule has 9 nitrogen and oxygen atoms in total. The van der Waals surface area contributed by atoms with Crippen LogP contribution in [0, 0.1) is 0 Å². The standard InChI is InChI=1S/C13H14N4O5S/c1-2-21-8(18)6-23-13-16-10(14)9(12(20)17-13)15-11(19)7-4-3-5-22-7/h3-5H,2,6H2,1H3,(H,15,19)(H3,14,16,17,20). The van der Waals surface area contributed by atoms with Crippen molar-refractivity contribution >= 4 is 35.1 Å². The lowest BCUT2D eigenvalue weighted by Crippen LogP contribution is -2.23. The Bertz CT molecular complexity index is 756. The molecule has 23 heavy (non-hydrogen) atoms. The largest absolute Gasteiger partial charge is 0.465 e. The summed E-state index contributed by atoms with van der Waals surface area (Å²) in [5.74, 6) is -1.21. The van der Waals surface area contributed by atoms with Crippen LogP contribution in [0.3, 0.4) is 0 Å². The third-order valence-electron chi connectivity index (χ3n) is 2.54. The van der Waals surface area contributed by atoms with Gasteiger partial charge >= 0.3 is 5.97 Å². The van der Waals surface area contributed by atoms with Gasteiger partial charge in [0.15, 0.2) is 22.4 Å². The van der Waals surface area contributed by atoms with E-state index in [0.717, 1.165) is 11.8 Å². The number of rotatable bonds is 6. The molecule has 0 aliphatic heterocycles. The molecule has 0 unspecified atom stereocenters. The van der Waals surface area contributed by atoms with Crippen molar-refractivity contribution in [3.8, 4) is 0 Å². The molecular weight excluding hydrogens is 324 g/mol. The highest BCUT2D eigenvalue weighted by Crippen LogP contribution is 2.17. The zero-order chi connectivity index (χ0) is 16.8. The fourth-order valence-electron chi connectivity index (χ4n) is 1.57. The zero-order valence-electron chi connectivity index (χ0n) is 12.1. The minimum atomic E-state index is -0.635. The summed E-state index contributed by atoms with van der Waals surface area (Å²) in [4.78, 5) is 41.5. The molecule has 0 saturated heterocycles. The van der Waals surface area contributed by atoms with Crippen LogP contribution in [0.4, 0.5) is 11.5 Å². The Morgan fingerprint density at radius 2 is 2.30 bits per heavy atom. The number of amides is 1. The number of anilines is 2. The minimum Gasteiger partial charge on any atom is -0.465 e. The van der Waals surface area contributed by atoms with Crippen molar-refractivity contribution in [1.29, 1.82) is 0 Å². The molecule has 0 fully saturated rings. The maximum atomic E-state index is 12.0. The highest BCUT2D eigenvalue weighted by Gasteiger charge is 2.16. The topological polar surface area (TPSA) is 140 Å². The first-order valence-electron chi connectivity index (χ1n) is 6.54. The number of aromatic nitrogens is 2. The molecule has 1 amide bonds. The number of furan rings is 1. The van der Waals surface area contributed by atoms with E-state index < -0.39 is 17.4 Å². The fraction of sp³-hybridized carbons (Fsp3) is 0.231. The van der Waals surface area contributed by atoms with Gasteiger partial charge in [-0.1, -0.05) is 11.8 Å². The summed E-state index contributed by atoms with van der Waals surface area (Å²) in [7, 11) is 0. The van der Waals surface area contributed by atoms with Crippen LogP contribution in [-0.4, -0.2) is 34.2 Å². The van der Waals surface area contributed by atoms with Gasteiger partial charge in [0, 0.05) is 0 Å². The van der Waals surface area contributed by atoms with Crippen LogP contribution in [0.2, 0.25) is 0 Å². The Morgan fingerprint density at radius 1 is 1.52 bits per heavy atom. The fourth-order valence-corrected chi connectivity index (χ4v) is 2.24. The van der Waals surface area contributed by atoms with E-state index >= 15 is 0 Å². The van der Waals surface area contributed by atoms with Crippen LogP contribution < -0.4 is 16.6 Å². The summed E-state index contributed by atoms with van der Waals surface area (Å²) >= 11 is 0.970. The SMILES string of the molecule is CCOC(=O)CSc1nc(N)c(NC(=O)c2ccco2)c(=O)[nH]1. The number of carbonyl (C=O) groups is 2. The second-order valence-electron chi connectivity index (χ2n) is 4.16. The highest BCUT2D eigenvalue weighted by atomic mass is 32.2. The maximum absolute atomic E-state index is 12.0. The minimum absolute atomic E-state index is 0.0195. The predicted octanol–water partition coefficient (Wildman–Crippen LogP) is 0.853. The van der Waals surface area contributed by atoms with Gasteiger partial charge in [-0.25, -0.2) is 4.98 Å². The van der Waals surface area contributed by atoms with E-state index in [1.54, 1.807) is 6.92 Å². The summed E-state index contributed by atoms with van der Waals surface area (Å²) < 4.78 is 9.68. The van der Waals surface area contributed by atoms with Gasteiger partial charge < -0.3 is 20.2 Å². The molecule has 2 rings (SSSR count). The van der Waals surface area contributed by atoms with Crippen molar-refractivity contribution in [1.82, 2.24) is 9.97 Å². The van der Waals surface area contributed by atoms with E-state index in [1.165, 1.54) is 18.4 Å². The molecule has 0 bridgehead atoms. The first-order valence-corrected chi connectivity index (χ1v) is 7.53. The van der Waals surface area contributed by atoms with Gasteiger partial charge in [0.1, 0.15) is 0 Å². The van der Waals surface area contributed by atoms with Crippen LogP contribution in [0.1, 0.15) is 17.5 Å². The van der Waals surface area contributed by atoms with Gasteiger partial charge in [-0.15, -0.1) is 0 Å². The Labute approximate surface area is 134 Å². The van der Waals surface area contributed by atoms with E-state index in [-0.39, 0.29) is 34.8 Å². The molecule has 0 aliphatic carbocycles. The number of nitrogen functional groups attached to an aromatic ring is 1. The summed E-state index contributed by atoms with van der Waals surface area (Å²) in [5, 5.41) is 2.48. The van der Waals surface area contributed by atoms with E-state index in [0.29, 0.717) is 0 Å². The molecule has 0 atom stereocenters. The number of nitrogens with one attached hydrogen (secondary N) is 2. The summed E-state index contributed by atoms with van der Waals surface area (Å²) in [6.45, 7) is 1.96. The van der Waals surface area contributed by atoms with Gasteiger partial charge in [0.25, 0.3) is 11.5 Å². The Balaban J connectivity index is 2.10. The first kappa shape index (κ1) is 16.6. The number of thioether (sulfide) groups is 1. The molecule has 10 heteroatoms. The van der Waals surface area contributed by atoms with E-state index in [4.69, 9.17) is 14.9 Å². The lowest BCUT2D eigenvalue weighted by molar-refractivity contribution is -0.139. The van der Waals surface area contributed by atoms with E-state index in [9.17, 15) is 14.4 Å². The van der Waals surface area contributed by atoms with Gasteiger partial charge in [-0.05, 0) is 19.1 Å². The average molecular weight is 338 g/mol. The number of esters is 1. The van der Waals surface area contributed by atoms with Crippen LogP contribution in [0.25, 0.3) is 0 Å². The van der Waals surface area contributed by atoms with Crippen molar-refractivity contribution in [2.75, 3.05) is 23.4 Å². The van der Waals surface area contributed by atoms with Crippen molar-refractivity contribution in [2.45, 2.75) is 12.1 Å². The van der Waals surface area contributed by atoms with Gasteiger partial charge in [0.05, 0.1) is 18.6 Å². The maximum Gasteiger partial charge on any atom is 0.316 e. The molecule has 122 valence electrons. The van der Waals surface area contributed by atoms with Crippen LogP contribution in [-0.2, 0) is 9.53 Å². The number of nitrogens with two attached hydrogens (primary N) is 1. The number of carbonyl (C=O) groups excluding carboxylic acids is 2. The molecule has 0 spiro atoms. The van der Waals surface area contributed by atoms with Crippen molar-refractivity contribution < 1.29 is 18.7 Å². The molecule has 0 aliphatic rings. The van der Waals surface area contributed by atoms with Crippen LogP contribution in [0.5, 0.6) is 0 Å². The van der Waals surface area contributed by atoms with Gasteiger partial charge in [-0.2, -0.15) is 0 Å². The second-order valence-corrected chi connectivity index (χ2v) is 5.12. The van der Waals surface area contributed by atoms with Crippen molar-refractivity contribution in [3.63, 3.8) is 0 Å². The normalized spacial score (nSPS) is 10.3. The smallest absolute Gasteiger partial charge is 0.316 e. The molecular formula is C13H14N4O5S. The molecule has 2 aromatic heterocycles. The quantitative estimate of drug-likeness (QED) is 0.400. The third-order valence-corrected chi connectivity index (χ3v) is 3.39. The van der Waals surface area contributed by atoms with Gasteiger partial charge in [0.2, 0.25) is 0 Å². The second kappa shape index (κ2) is 7.49. The summed E-state index contributed by atoms with van der Waals surface area (Å²) in [6, 6.07) is 2.98. The monoisotopic (exact) mass is 338 g/mol. The number of aromatic amines is 1. The number of H-pyrrole nitrogens is 1. The third kappa shape index (κ3) is 4.36. The molecule has 2 heterocycles. The lowest BCUT2D eigenvalue weighted by Gasteiger charge is -2.07. The summed E-state index contributed by atoms with van der Waals surface area (Å²) in [5.41, 5.74) is 4.86. The number of hydrogen-bond donors (Lipinski definition) is 3. The molecule has 2 aromatic rings. The number of hydrogen-bond acceptors (Lipinski definition) is 8. The van der Waals surface area contributed by atoms with Crippen LogP contribution >= 0.6 is 11.8 Å². The Kier molecular flexibility index (Phi) is 5.41. The van der Waals surface area contributed by atoms with E-state index in [2.05, 4.69) is 15.3 Å². The number of nitrogens with zero attached hydrogens (tertiary/aromatic N) is 1. The Morgan fingerprint density at radius 3 is 2.91 bits per heavy atom. The summed E-state index contributed by atoms with van der Waals surface area (Å²) in [6.07, 6.45) is 1.33. The predicted molar refractivity (Wildman–Crippen MR) is 83.3 cm³/mol. The molecule has 0 saturated carbocycles. The highest BCUT2D eigenvalue weighted by molar-refractivity contribution is 7.99. The number of ether oxygens (including phenoxy) is 1. The van der Waals surface area contributed by atoms with Crippen molar-refractivity contribution in [2.24, 2.45) is 0 Å².